The maximum Gasteiger partial charge on any atom is 0.252 e. The molecule has 1 unspecified atom stereocenters. The number of aromatic nitrogens is 4. The van der Waals surface area contributed by atoms with E-state index in [1.165, 1.54) is 29.7 Å². The van der Waals surface area contributed by atoms with Gasteiger partial charge in [0.05, 0.1) is 29.2 Å². The molecule has 2 fully saturated rings. The molecule has 36 heavy (non-hydrogen) atoms. The number of fused-ring (bicyclic) bond motifs is 1. The number of rotatable bonds is 7. The van der Waals surface area contributed by atoms with Crippen molar-refractivity contribution in [3.05, 3.63) is 51.7 Å². The van der Waals surface area contributed by atoms with Gasteiger partial charge in [-0.1, -0.05) is 19.9 Å². The number of nitriles is 1. The van der Waals surface area contributed by atoms with Gasteiger partial charge in [-0.2, -0.15) is 10.4 Å². The van der Waals surface area contributed by atoms with Crippen molar-refractivity contribution < 1.29 is 0 Å². The molecule has 1 aliphatic carbocycles. The van der Waals surface area contributed by atoms with Gasteiger partial charge in [-0.15, -0.1) is 0 Å². The maximum absolute atomic E-state index is 12.9. The van der Waals surface area contributed by atoms with Crippen LogP contribution in [0.15, 0.2) is 29.3 Å². The van der Waals surface area contributed by atoms with Crippen molar-refractivity contribution in [3.63, 3.8) is 0 Å². The van der Waals surface area contributed by atoms with E-state index in [-0.39, 0.29) is 24.2 Å². The van der Waals surface area contributed by atoms with Crippen LogP contribution in [0, 0.1) is 18.3 Å². The van der Waals surface area contributed by atoms with Gasteiger partial charge in [-0.3, -0.25) is 19.4 Å². The lowest BCUT2D eigenvalue weighted by molar-refractivity contribution is 0.0988. The zero-order valence-corrected chi connectivity index (χ0v) is 22.1. The number of pyridine rings is 2. The fourth-order valence-electron chi connectivity index (χ4n) is 5.91. The molecule has 1 saturated carbocycles. The van der Waals surface area contributed by atoms with Crippen molar-refractivity contribution >= 4 is 16.7 Å². The molecular formula is C28H37N7O. The Morgan fingerprint density at radius 3 is 2.56 bits per heavy atom. The lowest BCUT2D eigenvalue weighted by atomic mass is 9.96. The monoisotopic (exact) mass is 487 g/mol. The SMILES string of the molecule is CC[C@H]1CN(C(C)c2ncc(C3CC3)cc2C)[C@H](CC)CN1c1cc(=O)n(C)c2cn(CC#N)nc12. The fourth-order valence-corrected chi connectivity index (χ4v) is 5.91. The Morgan fingerprint density at radius 2 is 1.92 bits per heavy atom. The average Bonchev–Trinajstić information content (AvgIpc) is 3.65. The van der Waals surface area contributed by atoms with Gasteiger partial charge in [-0.05, 0) is 56.6 Å². The Hall–Kier alpha value is -3.18. The average molecular weight is 488 g/mol. The van der Waals surface area contributed by atoms with Crippen LogP contribution in [0.1, 0.15) is 75.2 Å². The van der Waals surface area contributed by atoms with Crippen LogP contribution in [0.5, 0.6) is 0 Å². The van der Waals surface area contributed by atoms with Crippen molar-refractivity contribution in [2.45, 2.75) is 84.0 Å². The number of hydrogen-bond donors (Lipinski definition) is 0. The quantitative estimate of drug-likeness (QED) is 0.495. The second kappa shape index (κ2) is 9.70. The number of nitrogens with zero attached hydrogens (tertiary/aromatic N) is 7. The molecule has 3 aromatic heterocycles. The molecule has 3 aromatic rings. The summed E-state index contributed by atoms with van der Waals surface area (Å²) in [4.78, 5) is 22.9. The molecule has 8 nitrogen and oxygen atoms in total. The van der Waals surface area contributed by atoms with Gasteiger partial charge in [-0.25, -0.2) is 0 Å². The van der Waals surface area contributed by atoms with Crippen molar-refractivity contribution in [3.8, 4) is 6.07 Å². The van der Waals surface area contributed by atoms with E-state index in [0.29, 0.717) is 12.0 Å². The van der Waals surface area contributed by atoms with Crippen molar-refractivity contribution in [2.75, 3.05) is 18.0 Å². The van der Waals surface area contributed by atoms with Crippen molar-refractivity contribution in [1.29, 1.82) is 5.26 Å². The lowest BCUT2D eigenvalue weighted by Gasteiger charge is -2.49. The molecule has 3 atom stereocenters. The summed E-state index contributed by atoms with van der Waals surface area (Å²) in [5.74, 6) is 0.712. The Morgan fingerprint density at radius 1 is 1.17 bits per heavy atom. The fraction of sp³-hybridized carbons (Fsp3) is 0.571. The first-order chi connectivity index (χ1) is 17.4. The van der Waals surface area contributed by atoms with E-state index in [0.717, 1.165) is 42.7 Å². The van der Waals surface area contributed by atoms with Crippen LogP contribution in [-0.4, -0.2) is 49.4 Å². The highest BCUT2D eigenvalue weighted by Gasteiger charge is 2.37. The van der Waals surface area contributed by atoms with Crippen LogP contribution in [0.4, 0.5) is 5.69 Å². The van der Waals surface area contributed by atoms with Crippen LogP contribution in [0.3, 0.4) is 0 Å². The normalized spacial score (nSPS) is 21.6. The van der Waals surface area contributed by atoms with E-state index < -0.39 is 0 Å². The van der Waals surface area contributed by atoms with Crippen LogP contribution >= 0.6 is 0 Å². The Bertz CT molecular complexity index is 1360. The summed E-state index contributed by atoms with van der Waals surface area (Å²) in [6.07, 6.45) is 8.45. The molecule has 1 aliphatic heterocycles. The first-order valence-corrected chi connectivity index (χ1v) is 13.3. The molecule has 8 heteroatoms. The highest BCUT2D eigenvalue weighted by Crippen LogP contribution is 2.41. The topological polar surface area (TPSA) is 83.0 Å². The third-order valence-corrected chi connectivity index (χ3v) is 8.24. The summed E-state index contributed by atoms with van der Waals surface area (Å²) < 4.78 is 3.25. The smallest absolute Gasteiger partial charge is 0.252 e. The highest BCUT2D eigenvalue weighted by atomic mass is 16.1. The lowest BCUT2D eigenvalue weighted by Crippen LogP contribution is -2.59. The predicted molar refractivity (Wildman–Crippen MR) is 142 cm³/mol. The van der Waals surface area contributed by atoms with Crippen LogP contribution in [-0.2, 0) is 13.6 Å². The maximum atomic E-state index is 12.9. The second-order valence-corrected chi connectivity index (χ2v) is 10.5. The molecule has 0 amide bonds. The molecule has 0 aromatic carbocycles. The summed E-state index contributed by atoms with van der Waals surface area (Å²) in [7, 11) is 1.77. The van der Waals surface area contributed by atoms with E-state index in [2.05, 4.69) is 55.8 Å². The van der Waals surface area contributed by atoms with Gasteiger partial charge >= 0.3 is 0 Å². The minimum absolute atomic E-state index is 0.0525. The molecule has 5 rings (SSSR count). The number of piperazine rings is 1. The van der Waals surface area contributed by atoms with E-state index in [1.807, 2.05) is 0 Å². The molecule has 4 heterocycles. The summed E-state index contributed by atoms with van der Waals surface area (Å²) in [5.41, 5.74) is 6.23. The van der Waals surface area contributed by atoms with Gasteiger partial charge in [0.25, 0.3) is 5.56 Å². The largest absolute Gasteiger partial charge is 0.364 e. The van der Waals surface area contributed by atoms with Gasteiger partial charge < -0.3 is 9.47 Å². The molecule has 190 valence electrons. The minimum atomic E-state index is -0.0525. The summed E-state index contributed by atoms with van der Waals surface area (Å²) in [6, 6.07) is 7.02. The van der Waals surface area contributed by atoms with Crippen molar-refractivity contribution in [1.82, 2.24) is 24.2 Å². The third kappa shape index (κ3) is 4.30. The van der Waals surface area contributed by atoms with E-state index >= 15 is 0 Å². The van der Waals surface area contributed by atoms with Gasteiger partial charge in [0.2, 0.25) is 0 Å². The molecule has 0 bridgehead atoms. The van der Waals surface area contributed by atoms with Crippen LogP contribution in [0.25, 0.3) is 11.0 Å². The van der Waals surface area contributed by atoms with Crippen LogP contribution < -0.4 is 10.5 Å². The second-order valence-electron chi connectivity index (χ2n) is 10.5. The number of hydrogen-bond acceptors (Lipinski definition) is 6. The van der Waals surface area contributed by atoms with Gasteiger partial charge in [0.1, 0.15) is 12.1 Å². The highest BCUT2D eigenvalue weighted by molar-refractivity contribution is 5.88. The Kier molecular flexibility index (Phi) is 6.60. The summed E-state index contributed by atoms with van der Waals surface area (Å²) in [5, 5.41) is 13.9. The standard InChI is InChI=1S/C28H37N7O/c1-6-22-16-35(24-13-26(36)32(5)25-17-33(11-10-29)31-28(24)25)23(7-2)15-34(22)19(4)27-18(3)12-21(14-30-27)20-8-9-20/h12-14,17,19-20,22-23H,6-9,11,15-16H2,1-5H3/t19?,22-,23+/m1/s1. The summed E-state index contributed by atoms with van der Waals surface area (Å²) in [6.45, 7) is 10.8. The Balaban J connectivity index is 1.48. The van der Waals surface area contributed by atoms with Crippen molar-refractivity contribution in [2.24, 2.45) is 7.05 Å². The molecular weight excluding hydrogens is 450 g/mol. The molecule has 0 N–H and O–H groups in total. The number of anilines is 1. The van der Waals surface area contributed by atoms with E-state index in [4.69, 9.17) is 10.1 Å². The van der Waals surface area contributed by atoms with E-state index in [9.17, 15) is 10.1 Å². The van der Waals surface area contributed by atoms with Gasteiger partial charge in [0, 0.05) is 50.5 Å². The van der Waals surface area contributed by atoms with Crippen LogP contribution in [0.2, 0.25) is 0 Å². The molecule has 1 saturated heterocycles. The molecule has 0 spiro atoms. The molecule has 0 radical (unpaired) electrons. The Labute approximate surface area is 213 Å². The molecule has 2 aliphatic rings. The number of aryl methyl sites for hydroxylation is 2. The zero-order valence-electron chi connectivity index (χ0n) is 22.1. The third-order valence-electron chi connectivity index (χ3n) is 8.24. The summed E-state index contributed by atoms with van der Waals surface area (Å²) >= 11 is 0. The first kappa shape index (κ1) is 24.5. The minimum Gasteiger partial charge on any atom is -0.364 e. The van der Waals surface area contributed by atoms with E-state index in [1.54, 1.807) is 28.6 Å². The zero-order chi connectivity index (χ0) is 25.6. The van der Waals surface area contributed by atoms with Gasteiger partial charge in [0.15, 0.2) is 0 Å². The predicted octanol–water partition coefficient (Wildman–Crippen LogP) is 4.28. The first-order valence-electron chi connectivity index (χ1n) is 13.3.